The van der Waals surface area contributed by atoms with Crippen LogP contribution in [0.1, 0.15) is 40.6 Å². The second-order valence-corrected chi connectivity index (χ2v) is 8.16. The minimum Gasteiger partial charge on any atom is -0.467 e. The minimum atomic E-state index is -0.185. The van der Waals surface area contributed by atoms with Gasteiger partial charge in [-0.05, 0) is 25.1 Å². The van der Waals surface area contributed by atoms with Gasteiger partial charge in [-0.3, -0.25) is 9.59 Å². The van der Waals surface area contributed by atoms with E-state index in [-0.39, 0.29) is 24.3 Å². The topological polar surface area (TPSA) is 85.3 Å². The zero-order valence-corrected chi connectivity index (χ0v) is 18.1. The molecule has 0 saturated carbocycles. The first kappa shape index (κ1) is 20.1. The summed E-state index contributed by atoms with van der Waals surface area (Å²) in [6.07, 6.45) is 5.58. The number of para-hydroxylation sites is 1. The van der Waals surface area contributed by atoms with Crippen molar-refractivity contribution in [2.24, 2.45) is 7.05 Å². The molecule has 164 valence electrons. The molecule has 4 aromatic rings. The van der Waals surface area contributed by atoms with Crippen molar-refractivity contribution in [3.63, 3.8) is 0 Å². The predicted octanol–water partition coefficient (Wildman–Crippen LogP) is 3.04. The van der Waals surface area contributed by atoms with Crippen molar-refractivity contribution >= 4 is 22.7 Å². The Bertz CT molecular complexity index is 1280. The Labute approximate surface area is 185 Å². The molecule has 8 nitrogen and oxygen atoms in total. The first-order chi connectivity index (χ1) is 15.5. The highest BCUT2D eigenvalue weighted by molar-refractivity contribution is 6.07. The number of furan rings is 1. The van der Waals surface area contributed by atoms with E-state index in [1.807, 2.05) is 70.7 Å². The van der Waals surface area contributed by atoms with Gasteiger partial charge in [0.15, 0.2) is 0 Å². The van der Waals surface area contributed by atoms with Crippen molar-refractivity contribution in [1.29, 1.82) is 0 Å². The lowest BCUT2D eigenvalue weighted by Gasteiger charge is -2.33. The molecule has 1 N–H and O–H groups in total. The van der Waals surface area contributed by atoms with Crippen LogP contribution in [0.2, 0.25) is 0 Å². The van der Waals surface area contributed by atoms with Crippen LogP contribution in [0, 0.1) is 0 Å². The van der Waals surface area contributed by atoms with Gasteiger partial charge >= 0.3 is 0 Å². The van der Waals surface area contributed by atoms with Crippen molar-refractivity contribution in [3.05, 3.63) is 77.9 Å². The second kappa shape index (κ2) is 8.03. The number of aromatic nitrogens is 3. The maximum atomic E-state index is 13.4. The largest absolute Gasteiger partial charge is 0.467 e. The van der Waals surface area contributed by atoms with Gasteiger partial charge in [0.05, 0.1) is 36.5 Å². The molecule has 1 aliphatic rings. The average Bonchev–Trinajstić information content (AvgIpc) is 3.52. The summed E-state index contributed by atoms with van der Waals surface area (Å²) in [5.41, 5.74) is 2.43. The van der Waals surface area contributed by atoms with E-state index in [2.05, 4.69) is 5.32 Å². The lowest BCUT2D eigenvalue weighted by molar-refractivity contribution is -0.120. The molecule has 0 bridgehead atoms. The molecule has 3 aromatic heterocycles. The van der Waals surface area contributed by atoms with Crippen LogP contribution in [0.4, 0.5) is 0 Å². The van der Waals surface area contributed by atoms with Gasteiger partial charge in [-0.25, -0.2) is 4.98 Å². The monoisotopic (exact) mass is 431 g/mol. The van der Waals surface area contributed by atoms with Gasteiger partial charge in [0.2, 0.25) is 5.91 Å². The van der Waals surface area contributed by atoms with E-state index < -0.39 is 0 Å². The molecule has 2 amide bonds. The van der Waals surface area contributed by atoms with E-state index in [1.54, 1.807) is 12.3 Å². The third-order valence-electron chi connectivity index (χ3n) is 6.05. The quantitative estimate of drug-likeness (QED) is 0.526. The summed E-state index contributed by atoms with van der Waals surface area (Å²) in [6, 6.07) is 11.4. The fourth-order valence-electron chi connectivity index (χ4n) is 4.40. The van der Waals surface area contributed by atoms with Crippen LogP contribution in [0.3, 0.4) is 0 Å². The molecule has 1 atom stereocenters. The molecule has 0 radical (unpaired) electrons. The summed E-state index contributed by atoms with van der Waals surface area (Å²) in [5.74, 6) is 1.40. The zero-order valence-electron chi connectivity index (χ0n) is 18.1. The van der Waals surface area contributed by atoms with Crippen LogP contribution >= 0.6 is 0 Å². The normalized spacial score (nSPS) is 15.7. The summed E-state index contributed by atoms with van der Waals surface area (Å²) in [7, 11) is 1.95. The smallest absolute Gasteiger partial charge is 0.256 e. The number of amides is 2. The van der Waals surface area contributed by atoms with Crippen molar-refractivity contribution in [2.75, 3.05) is 6.54 Å². The van der Waals surface area contributed by atoms with Gasteiger partial charge in [-0.15, -0.1) is 0 Å². The number of benzene rings is 1. The van der Waals surface area contributed by atoms with E-state index in [0.717, 1.165) is 16.7 Å². The average molecular weight is 431 g/mol. The number of hydrogen-bond acceptors (Lipinski definition) is 4. The predicted molar refractivity (Wildman–Crippen MR) is 119 cm³/mol. The standard InChI is InChI=1S/C24H25N5O3/c1-16-23-26-17(12-22(30)25-13-18-6-5-11-32-18)14-28(23)9-10-29(16)24(31)20-15-27(2)21-8-4-3-7-19(20)21/h3-8,11,14-16H,9-10,12-13H2,1-2H3,(H,25,30)/t16-/m1/s1. The summed E-state index contributed by atoms with van der Waals surface area (Å²) in [6.45, 7) is 3.58. The lowest BCUT2D eigenvalue weighted by Crippen LogP contribution is -2.41. The number of rotatable bonds is 5. The van der Waals surface area contributed by atoms with Crippen LogP contribution in [0.15, 0.2) is 59.5 Å². The maximum absolute atomic E-state index is 13.4. The summed E-state index contributed by atoms with van der Waals surface area (Å²) < 4.78 is 9.27. The van der Waals surface area contributed by atoms with Crippen LogP contribution in [-0.2, 0) is 31.4 Å². The number of aryl methyl sites for hydroxylation is 1. The number of nitrogens with zero attached hydrogens (tertiary/aromatic N) is 4. The maximum Gasteiger partial charge on any atom is 0.256 e. The molecule has 1 aliphatic heterocycles. The fraction of sp³-hybridized carbons (Fsp3) is 0.292. The molecule has 0 aliphatic carbocycles. The number of hydrogen-bond donors (Lipinski definition) is 1. The van der Waals surface area contributed by atoms with Crippen LogP contribution in [-0.4, -0.2) is 37.4 Å². The van der Waals surface area contributed by atoms with Gasteiger partial charge in [0, 0.05) is 43.4 Å². The van der Waals surface area contributed by atoms with Gasteiger partial charge in [0.1, 0.15) is 11.6 Å². The molecular weight excluding hydrogens is 406 g/mol. The molecular formula is C24H25N5O3. The number of carbonyl (C=O) groups is 2. The Morgan fingerprint density at radius 1 is 1.16 bits per heavy atom. The fourth-order valence-corrected chi connectivity index (χ4v) is 4.40. The molecule has 0 saturated heterocycles. The number of carbonyl (C=O) groups excluding carboxylic acids is 2. The molecule has 0 spiro atoms. The Hall–Kier alpha value is -3.81. The molecule has 4 heterocycles. The van der Waals surface area contributed by atoms with E-state index in [0.29, 0.717) is 36.7 Å². The zero-order chi connectivity index (χ0) is 22.2. The third-order valence-corrected chi connectivity index (χ3v) is 6.05. The van der Waals surface area contributed by atoms with E-state index in [1.165, 1.54) is 0 Å². The first-order valence-electron chi connectivity index (χ1n) is 10.7. The summed E-state index contributed by atoms with van der Waals surface area (Å²) in [4.78, 5) is 32.3. The molecule has 5 rings (SSSR count). The van der Waals surface area contributed by atoms with Crippen molar-refractivity contribution in [2.45, 2.75) is 32.5 Å². The highest BCUT2D eigenvalue weighted by atomic mass is 16.3. The van der Waals surface area contributed by atoms with Gasteiger partial charge < -0.3 is 23.8 Å². The highest BCUT2D eigenvalue weighted by Crippen LogP contribution is 2.29. The van der Waals surface area contributed by atoms with Gasteiger partial charge in [0.25, 0.3) is 5.91 Å². The Balaban J connectivity index is 1.31. The van der Waals surface area contributed by atoms with Crippen molar-refractivity contribution in [3.8, 4) is 0 Å². The third kappa shape index (κ3) is 3.57. The highest BCUT2D eigenvalue weighted by Gasteiger charge is 2.31. The van der Waals surface area contributed by atoms with E-state index in [9.17, 15) is 9.59 Å². The Morgan fingerprint density at radius 3 is 2.81 bits per heavy atom. The van der Waals surface area contributed by atoms with Crippen LogP contribution in [0.25, 0.3) is 10.9 Å². The van der Waals surface area contributed by atoms with Gasteiger partial charge in [-0.2, -0.15) is 0 Å². The SMILES string of the molecule is C[C@@H]1c2nc(CC(=O)NCc3ccco3)cn2CCN1C(=O)c1cn(C)c2ccccc12. The van der Waals surface area contributed by atoms with Crippen LogP contribution < -0.4 is 5.32 Å². The van der Waals surface area contributed by atoms with Crippen molar-refractivity contribution < 1.29 is 14.0 Å². The number of nitrogens with one attached hydrogen (secondary N) is 1. The Kier molecular flexibility index (Phi) is 5.05. The second-order valence-electron chi connectivity index (χ2n) is 8.16. The summed E-state index contributed by atoms with van der Waals surface area (Å²) >= 11 is 0. The molecule has 8 heteroatoms. The van der Waals surface area contributed by atoms with Crippen molar-refractivity contribution in [1.82, 2.24) is 24.3 Å². The minimum absolute atomic E-state index is 0.00120. The molecule has 1 aromatic carbocycles. The molecule has 0 fully saturated rings. The first-order valence-corrected chi connectivity index (χ1v) is 10.7. The molecule has 32 heavy (non-hydrogen) atoms. The molecule has 0 unspecified atom stereocenters. The van der Waals surface area contributed by atoms with Gasteiger partial charge in [-0.1, -0.05) is 18.2 Å². The number of fused-ring (bicyclic) bond motifs is 2. The van der Waals surface area contributed by atoms with E-state index >= 15 is 0 Å². The number of imidazole rings is 1. The Morgan fingerprint density at radius 2 is 2.00 bits per heavy atom. The van der Waals surface area contributed by atoms with Crippen LogP contribution in [0.5, 0.6) is 0 Å². The van der Waals surface area contributed by atoms with E-state index in [4.69, 9.17) is 9.40 Å². The summed E-state index contributed by atoms with van der Waals surface area (Å²) in [5, 5.41) is 3.80. The lowest BCUT2D eigenvalue weighted by atomic mass is 10.1.